The van der Waals surface area contributed by atoms with Crippen LogP contribution in [0.1, 0.15) is 60.4 Å². The molecule has 0 bridgehead atoms. The zero-order valence-electron chi connectivity index (χ0n) is 25.5. The monoisotopic (exact) mass is 585 g/mol. The number of ether oxygens (including phenoxy) is 1. The van der Waals surface area contributed by atoms with Gasteiger partial charge in [0.25, 0.3) is 0 Å². The third-order valence-electron chi connectivity index (χ3n) is 10.0. The SMILES string of the molecule is CC1(C)c2ccccc2C2=CC=C(/C(N)=N/C(=N)c3ccc4c(c3)OC3=C(c5cccc(-c6ccccc6)c5)C=CCC34)CC21. The van der Waals surface area contributed by atoms with E-state index in [4.69, 9.17) is 15.9 Å². The molecule has 1 aliphatic heterocycles. The van der Waals surface area contributed by atoms with Gasteiger partial charge in [-0.1, -0.05) is 123 Å². The number of nitrogens with one attached hydrogen (secondary N) is 1. The highest BCUT2D eigenvalue weighted by atomic mass is 16.5. The van der Waals surface area contributed by atoms with Crippen LogP contribution in [0.4, 0.5) is 0 Å². The van der Waals surface area contributed by atoms with Gasteiger partial charge in [-0.2, -0.15) is 0 Å². The Morgan fingerprint density at radius 3 is 2.51 bits per heavy atom. The number of hydrogen-bond donors (Lipinski definition) is 2. The molecule has 0 amide bonds. The first-order chi connectivity index (χ1) is 21.9. The van der Waals surface area contributed by atoms with Crippen molar-refractivity contribution in [3.8, 4) is 16.9 Å². The highest BCUT2D eigenvalue weighted by molar-refractivity contribution is 6.10. The lowest BCUT2D eigenvalue weighted by Gasteiger charge is -2.31. The predicted molar refractivity (Wildman–Crippen MR) is 184 cm³/mol. The summed E-state index contributed by atoms with van der Waals surface area (Å²) in [4.78, 5) is 4.60. The molecule has 3 aliphatic carbocycles. The first kappa shape index (κ1) is 27.3. The molecule has 8 rings (SSSR count). The number of benzene rings is 4. The van der Waals surface area contributed by atoms with Crippen LogP contribution in [-0.2, 0) is 5.41 Å². The van der Waals surface area contributed by atoms with Gasteiger partial charge in [-0.05, 0) is 75.3 Å². The standard InChI is InChI=1S/C41H35N3O/c1-41(2)35-17-7-6-14-31(35)32-20-18-28(23-36(32)41)39(42)44-40(43)29-19-21-33-34-16-9-15-30(38(34)45-37(33)24-29)27-13-8-12-26(22-27)25-10-4-3-5-11-25/h3-15,17-22,24,34,36H,16,23H2,1-2H3,(H3,42,43,44). The van der Waals surface area contributed by atoms with Crippen LogP contribution in [-0.4, -0.2) is 11.7 Å². The maximum absolute atomic E-state index is 8.86. The quantitative estimate of drug-likeness (QED) is 0.185. The fraction of sp³-hybridized carbons (Fsp3) is 0.171. The van der Waals surface area contributed by atoms with E-state index < -0.39 is 0 Å². The van der Waals surface area contributed by atoms with Crippen LogP contribution in [0.25, 0.3) is 22.3 Å². The van der Waals surface area contributed by atoms with Crippen LogP contribution in [0.15, 0.2) is 138 Å². The zero-order valence-corrected chi connectivity index (χ0v) is 25.5. The highest BCUT2D eigenvalue weighted by Gasteiger charge is 2.43. The molecule has 4 heteroatoms. The Bertz CT molecular complexity index is 2040. The molecule has 45 heavy (non-hydrogen) atoms. The number of aliphatic imine (C=N–C) groups is 1. The second kappa shape index (κ2) is 10.4. The van der Waals surface area contributed by atoms with Crippen molar-refractivity contribution in [3.05, 3.63) is 161 Å². The molecule has 220 valence electrons. The molecule has 0 fully saturated rings. The third kappa shape index (κ3) is 4.52. The van der Waals surface area contributed by atoms with Gasteiger partial charge >= 0.3 is 0 Å². The van der Waals surface area contributed by atoms with Crippen LogP contribution in [0.5, 0.6) is 5.75 Å². The van der Waals surface area contributed by atoms with Crippen molar-refractivity contribution in [2.45, 2.75) is 38.0 Å². The molecule has 4 nitrogen and oxygen atoms in total. The molecule has 3 N–H and O–H groups in total. The minimum absolute atomic E-state index is 0.00902. The lowest BCUT2D eigenvalue weighted by molar-refractivity contribution is 0.411. The lowest BCUT2D eigenvalue weighted by Crippen LogP contribution is -2.28. The first-order valence-corrected chi connectivity index (χ1v) is 15.7. The van der Waals surface area contributed by atoms with Crippen molar-refractivity contribution in [1.82, 2.24) is 0 Å². The van der Waals surface area contributed by atoms with E-state index in [1.807, 2.05) is 18.2 Å². The third-order valence-corrected chi connectivity index (χ3v) is 10.0. The fourth-order valence-corrected chi connectivity index (χ4v) is 7.56. The van der Waals surface area contributed by atoms with Gasteiger partial charge in [-0.3, -0.25) is 5.41 Å². The number of rotatable bonds is 4. The summed E-state index contributed by atoms with van der Waals surface area (Å²) in [5, 5.41) is 8.86. The Labute approximate surface area is 264 Å². The molecular weight excluding hydrogens is 550 g/mol. The smallest absolute Gasteiger partial charge is 0.154 e. The number of nitrogens with two attached hydrogens (primary N) is 1. The number of nitrogens with zero attached hydrogens (tertiary/aromatic N) is 1. The van der Waals surface area contributed by atoms with E-state index in [2.05, 4.69) is 122 Å². The van der Waals surface area contributed by atoms with Crippen molar-refractivity contribution in [1.29, 1.82) is 5.41 Å². The van der Waals surface area contributed by atoms with Crippen LogP contribution < -0.4 is 10.5 Å². The Hall–Kier alpha value is -5.22. The number of amidine groups is 2. The molecule has 0 spiro atoms. The first-order valence-electron chi connectivity index (χ1n) is 15.7. The van der Waals surface area contributed by atoms with E-state index in [-0.39, 0.29) is 17.2 Å². The Morgan fingerprint density at radius 2 is 1.64 bits per heavy atom. The van der Waals surface area contributed by atoms with E-state index in [1.54, 1.807) is 0 Å². The Balaban J connectivity index is 1.06. The van der Waals surface area contributed by atoms with Gasteiger partial charge in [0.2, 0.25) is 0 Å². The summed E-state index contributed by atoms with van der Waals surface area (Å²) in [6.45, 7) is 4.63. The number of fused-ring (bicyclic) bond motifs is 6. The molecule has 2 atom stereocenters. The summed E-state index contributed by atoms with van der Waals surface area (Å²) in [6, 6.07) is 33.8. The molecular formula is C41H35N3O. The summed E-state index contributed by atoms with van der Waals surface area (Å²) >= 11 is 0. The minimum Gasteiger partial charge on any atom is -0.460 e. The van der Waals surface area contributed by atoms with Crippen LogP contribution in [0.3, 0.4) is 0 Å². The molecule has 4 aromatic rings. The van der Waals surface area contributed by atoms with E-state index in [1.165, 1.54) is 27.8 Å². The molecule has 4 aromatic carbocycles. The van der Waals surface area contributed by atoms with Crippen LogP contribution in [0, 0.1) is 11.3 Å². The fourth-order valence-electron chi connectivity index (χ4n) is 7.56. The van der Waals surface area contributed by atoms with Crippen LogP contribution in [0.2, 0.25) is 0 Å². The van der Waals surface area contributed by atoms with Gasteiger partial charge in [-0.25, -0.2) is 4.99 Å². The van der Waals surface area contributed by atoms with Crippen molar-refractivity contribution >= 4 is 22.8 Å². The summed E-state index contributed by atoms with van der Waals surface area (Å²) < 4.78 is 6.57. The van der Waals surface area contributed by atoms with Gasteiger partial charge in [0.05, 0.1) is 0 Å². The van der Waals surface area contributed by atoms with E-state index in [0.29, 0.717) is 17.3 Å². The lowest BCUT2D eigenvalue weighted by atomic mass is 9.73. The van der Waals surface area contributed by atoms with E-state index in [9.17, 15) is 0 Å². The van der Waals surface area contributed by atoms with Crippen LogP contribution >= 0.6 is 0 Å². The molecule has 0 aromatic heterocycles. The second-order valence-electron chi connectivity index (χ2n) is 13.0. The minimum atomic E-state index is 0.00902. The average molecular weight is 586 g/mol. The van der Waals surface area contributed by atoms with Crippen molar-refractivity contribution < 1.29 is 4.74 Å². The number of allylic oxidation sites excluding steroid dienone is 7. The molecule has 0 saturated carbocycles. The van der Waals surface area contributed by atoms with Gasteiger partial charge in [-0.15, -0.1) is 0 Å². The van der Waals surface area contributed by atoms with Gasteiger partial charge < -0.3 is 10.5 Å². The van der Waals surface area contributed by atoms with E-state index in [0.717, 1.165) is 46.6 Å². The van der Waals surface area contributed by atoms with E-state index >= 15 is 0 Å². The maximum Gasteiger partial charge on any atom is 0.154 e. The maximum atomic E-state index is 8.86. The zero-order chi connectivity index (χ0) is 30.7. The molecule has 0 saturated heterocycles. The summed E-state index contributed by atoms with van der Waals surface area (Å²) in [7, 11) is 0. The summed E-state index contributed by atoms with van der Waals surface area (Å²) in [5.74, 6) is 2.80. The largest absolute Gasteiger partial charge is 0.460 e. The molecule has 0 radical (unpaired) electrons. The normalized spacial score (nSPS) is 20.8. The molecule has 4 aliphatic rings. The molecule has 1 heterocycles. The Morgan fingerprint density at radius 1 is 0.867 bits per heavy atom. The predicted octanol–water partition coefficient (Wildman–Crippen LogP) is 9.20. The summed E-state index contributed by atoms with van der Waals surface area (Å²) in [5.41, 5.74) is 18.1. The summed E-state index contributed by atoms with van der Waals surface area (Å²) in [6.07, 6.45) is 10.4. The second-order valence-corrected chi connectivity index (χ2v) is 13.0. The van der Waals surface area contributed by atoms with Crippen molar-refractivity contribution in [3.63, 3.8) is 0 Å². The average Bonchev–Trinajstić information content (AvgIpc) is 3.56. The van der Waals surface area contributed by atoms with Crippen molar-refractivity contribution in [2.24, 2.45) is 16.6 Å². The van der Waals surface area contributed by atoms with Gasteiger partial charge in [0.15, 0.2) is 5.84 Å². The topological polar surface area (TPSA) is 71.5 Å². The highest BCUT2D eigenvalue weighted by Crippen LogP contribution is 2.53. The number of hydrogen-bond acceptors (Lipinski definition) is 2. The van der Waals surface area contributed by atoms with Gasteiger partial charge in [0.1, 0.15) is 17.3 Å². The van der Waals surface area contributed by atoms with Gasteiger partial charge in [0, 0.05) is 22.6 Å². The molecule has 2 unspecified atom stereocenters. The Kier molecular flexibility index (Phi) is 6.35. The van der Waals surface area contributed by atoms with Crippen molar-refractivity contribution in [2.75, 3.05) is 0 Å².